The third-order valence-electron chi connectivity index (χ3n) is 5.75. The van der Waals surface area contributed by atoms with Gasteiger partial charge in [-0.25, -0.2) is 4.68 Å². The van der Waals surface area contributed by atoms with Crippen molar-refractivity contribution in [2.75, 3.05) is 23.3 Å². The molecule has 2 aromatic carbocycles. The van der Waals surface area contributed by atoms with Gasteiger partial charge in [0.1, 0.15) is 4.83 Å². The maximum atomic E-state index is 13.2. The van der Waals surface area contributed by atoms with Crippen molar-refractivity contribution in [2.45, 2.75) is 19.8 Å². The van der Waals surface area contributed by atoms with Crippen molar-refractivity contribution in [2.24, 2.45) is 5.73 Å². The third-order valence-corrected chi connectivity index (χ3v) is 6.85. The zero-order valence-electron chi connectivity index (χ0n) is 17.7. The summed E-state index contributed by atoms with van der Waals surface area (Å²) >= 11 is 1.40. The Morgan fingerprint density at radius 1 is 1.06 bits per heavy atom. The normalized spacial score (nSPS) is 13.6. The average Bonchev–Trinajstić information content (AvgIpc) is 3.53. The maximum Gasteiger partial charge on any atom is 0.265 e. The monoisotopic (exact) mass is 445 g/mol. The highest BCUT2D eigenvalue weighted by Gasteiger charge is 2.21. The van der Waals surface area contributed by atoms with Gasteiger partial charge in [-0.3, -0.25) is 9.59 Å². The van der Waals surface area contributed by atoms with Crippen LogP contribution in [-0.2, 0) is 0 Å². The number of benzene rings is 2. The van der Waals surface area contributed by atoms with Gasteiger partial charge in [-0.15, -0.1) is 11.3 Å². The Bertz CT molecular complexity index is 1320. The Hall–Kier alpha value is -3.65. The Balaban J connectivity index is 1.50. The van der Waals surface area contributed by atoms with Crippen LogP contribution in [0.15, 0.2) is 54.6 Å². The predicted molar refractivity (Wildman–Crippen MR) is 128 cm³/mol. The number of primary amides is 1. The molecule has 8 heteroatoms. The Morgan fingerprint density at radius 2 is 1.81 bits per heavy atom. The molecule has 2 amide bonds. The van der Waals surface area contributed by atoms with Gasteiger partial charge in [0.25, 0.3) is 5.91 Å². The average molecular weight is 446 g/mol. The lowest BCUT2D eigenvalue weighted by atomic mass is 10.1. The molecule has 3 heterocycles. The third kappa shape index (κ3) is 3.62. The minimum absolute atomic E-state index is 0.215. The number of fused-ring (bicyclic) bond motifs is 1. The van der Waals surface area contributed by atoms with Crippen LogP contribution >= 0.6 is 11.3 Å². The van der Waals surface area contributed by atoms with Crippen molar-refractivity contribution in [3.8, 4) is 5.69 Å². The number of carbonyl (C=O) groups excluding carboxylic acids is 2. The van der Waals surface area contributed by atoms with Crippen LogP contribution in [0.4, 0.5) is 11.4 Å². The van der Waals surface area contributed by atoms with Gasteiger partial charge >= 0.3 is 0 Å². The Morgan fingerprint density at radius 3 is 2.53 bits per heavy atom. The summed E-state index contributed by atoms with van der Waals surface area (Å²) in [5.41, 5.74) is 9.18. The van der Waals surface area contributed by atoms with Crippen molar-refractivity contribution >= 4 is 44.7 Å². The Labute approximate surface area is 189 Å². The molecule has 0 radical (unpaired) electrons. The fourth-order valence-electron chi connectivity index (χ4n) is 4.11. The number of thiophene rings is 1. The van der Waals surface area contributed by atoms with E-state index in [0.717, 1.165) is 53.2 Å². The lowest BCUT2D eigenvalue weighted by Crippen LogP contribution is -2.22. The van der Waals surface area contributed by atoms with E-state index in [1.54, 1.807) is 12.1 Å². The number of aromatic nitrogens is 2. The summed E-state index contributed by atoms with van der Waals surface area (Å²) in [6.45, 7) is 3.79. The number of carbonyl (C=O) groups is 2. The molecule has 1 saturated heterocycles. The first kappa shape index (κ1) is 20.3. The fourth-order valence-corrected chi connectivity index (χ4v) is 5.19. The van der Waals surface area contributed by atoms with Crippen molar-refractivity contribution < 1.29 is 9.59 Å². The predicted octanol–water partition coefficient (Wildman–Crippen LogP) is 4.35. The number of nitrogens with two attached hydrogens (primary N) is 1. The summed E-state index contributed by atoms with van der Waals surface area (Å²) in [5, 5.41) is 8.61. The first-order valence-electron chi connectivity index (χ1n) is 10.6. The molecule has 0 bridgehead atoms. The van der Waals surface area contributed by atoms with Gasteiger partial charge < -0.3 is 16.0 Å². The van der Waals surface area contributed by atoms with Crippen molar-refractivity contribution in [1.29, 1.82) is 0 Å². The lowest BCUT2D eigenvalue weighted by molar-refractivity contribution is 0.0996. The number of aryl methyl sites for hydroxylation is 1. The minimum atomic E-state index is -0.520. The van der Waals surface area contributed by atoms with E-state index in [2.05, 4.69) is 15.3 Å². The number of anilines is 2. The quantitative estimate of drug-likeness (QED) is 0.478. The number of para-hydroxylation sites is 1. The van der Waals surface area contributed by atoms with Crippen LogP contribution in [0, 0.1) is 6.92 Å². The topological polar surface area (TPSA) is 93.2 Å². The summed E-state index contributed by atoms with van der Waals surface area (Å²) < 4.78 is 1.87. The SMILES string of the molecule is Cc1nn(-c2ccccc2)c2sc(C(=O)Nc3cc(C(N)=O)ccc3N3CCCC3)cc12. The molecule has 0 atom stereocenters. The molecular weight excluding hydrogens is 422 g/mol. The first-order valence-corrected chi connectivity index (χ1v) is 11.4. The molecule has 5 rings (SSSR count). The second-order valence-corrected chi connectivity index (χ2v) is 8.94. The fraction of sp³-hybridized carbons (Fsp3) is 0.208. The van der Waals surface area contributed by atoms with Crippen molar-refractivity contribution in [1.82, 2.24) is 9.78 Å². The molecule has 1 aliphatic heterocycles. The maximum absolute atomic E-state index is 13.2. The molecule has 2 aromatic heterocycles. The van der Waals surface area contributed by atoms with E-state index in [1.165, 1.54) is 11.3 Å². The van der Waals surface area contributed by atoms with E-state index < -0.39 is 5.91 Å². The first-order chi connectivity index (χ1) is 15.5. The van der Waals surface area contributed by atoms with Crippen LogP contribution in [0.2, 0.25) is 0 Å². The van der Waals surface area contributed by atoms with Gasteiger partial charge in [0, 0.05) is 24.0 Å². The molecule has 4 aromatic rings. The van der Waals surface area contributed by atoms with Crippen LogP contribution in [0.5, 0.6) is 0 Å². The summed E-state index contributed by atoms with van der Waals surface area (Å²) in [4.78, 5) is 28.7. The van der Waals surface area contributed by atoms with Gasteiger partial charge in [0.05, 0.1) is 27.6 Å². The van der Waals surface area contributed by atoms with E-state index >= 15 is 0 Å². The summed E-state index contributed by atoms with van der Waals surface area (Å²) in [5.74, 6) is -0.735. The smallest absolute Gasteiger partial charge is 0.265 e. The minimum Gasteiger partial charge on any atom is -0.370 e. The summed E-state index contributed by atoms with van der Waals surface area (Å²) in [6.07, 6.45) is 2.22. The van der Waals surface area contributed by atoms with E-state index in [-0.39, 0.29) is 5.91 Å². The second kappa shape index (κ2) is 8.12. The van der Waals surface area contributed by atoms with Crippen LogP contribution < -0.4 is 16.0 Å². The molecular formula is C24H23N5O2S. The van der Waals surface area contributed by atoms with Gasteiger partial charge in [-0.05, 0) is 56.2 Å². The molecule has 0 aliphatic carbocycles. The van der Waals surface area contributed by atoms with Gasteiger partial charge in [-0.1, -0.05) is 18.2 Å². The van der Waals surface area contributed by atoms with Gasteiger partial charge in [-0.2, -0.15) is 5.10 Å². The lowest BCUT2D eigenvalue weighted by Gasteiger charge is -2.22. The van der Waals surface area contributed by atoms with Crippen molar-refractivity contribution in [3.63, 3.8) is 0 Å². The molecule has 1 aliphatic rings. The number of hydrogen-bond donors (Lipinski definition) is 2. The second-order valence-electron chi connectivity index (χ2n) is 7.91. The molecule has 0 spiro atoms. The van der Waals surface area contributed by atoms with Crippen LogP contribution in [0.1, 0.15) is 38.6 Å². The highest BCUT2D eigenvalue weighted by molar-refractivity contribution is 7.20. The number of nitrogens with zero attached hydrogens (tertiary/aromatic N) is 3. The van der Waals surface area contributed by atoms with Gasteiger partial charge in [0.15, 0.2) is 0 Å². The zero-order valence-corrected chi connectivity index (χ0v) is 18.5. The molecule has 3 N–H and O–H groups in total. The Kier molecular flexibility index (Phi) is 5.14. The molecule has 7 nitrogen and oxygen atoms in total. The zero-order chi connectivity index (χ0) is 22.2. The van der Waals surface area contributed by atoms with Crippen LogP contribution in [0.3, 0.4) is 0 Å². The summed E-state index contributed by atoms with van der Waals surface area (Å²) in [6, 6.07) is 17.0. The molecule has 32 heavy (non-hydrogen) atoms. The highest BCUT2D eigenvalue weighted by atomic mass is 32.1. The molecule has 0 unspecified atom stereocenters. The molecule has 0 saturated carbocycles. The van der Waals surface area contributed by atoms with E-state index in [1.807, 2.05) is 54.1 Å². The number of rotatable bonds is 5. The van der Waals surface area contributed by atoms with Crippen LogP contribution in [-0.4, -0.2) is 34.7 Å². The van der Waals surface area contributed by atoms with E-state index in [9.17, 15) is 9.59 Å². The summed E-state index contributed by atoms with van der Waals surface area (Å²) in [7, 11) is 0. The standard InChI is InChI=1S/C24H23N5O2S/c1-15-18-14-21(32-24(18)29(27-15)17-7-3-2-4-8-17)23(31)26-19-13-16(22(25)30)9-10-20(19)28-11-5-6-12-28/h2-4,7-10,13-14H,5-6,11-12H2,1H3,(H2,25,30)(H,26,31). The number of amides is 2. The molecule has 162 valence electrons. The van der Waals surface area contributed by atoms with E-state index in [0.29, 0.717) is 16.1 Å². The van der Waals surface area contributed by atoms with Crippen molar-refractivity contribution in [3.05, 3.63) is 70.7 Å². The highest BCUT2D eigenvalue weighted by Crippen LogP contribution is 2.33. The number of nitrogens with one attached hydrogen (secondary N) is 1. The van der Waals surface area contributed by atoms with E-state index in [4.69, 9.17) is 5.73 Å². The molecule has 1 fully saturated rings. The number of hydrogen-bond acceptors (Lipinski definition) is 5. The van der Waals surface area contributed by atoms with Gasteiger partial charge in [0.2, 0.25) is 5.91 Å². The largest absolute Gasteiger partial charge is 0.370 e. The van der Waals surface area contributed by atoms with Crippen LogP contribution in [0.25, 0.3) is 15.9 Å².